The smallest absolute Gasteiger partial charge is 0.340 e. The molecule has 3 aromatic rings. The number of hydrogen-bond acceptors (Lipinski definition) is 12. The summed E-state index contributed by atoms with van der Waals surface area (Å²) in [5, 5.41) is 2.92. The lowest BCUT2D eigenvalue weighted by molar-refractivity contribution is -0.150. The second kappa shape index (κ2) is 18.5. The summed E-state index contributed by atoms with van der Waals surface area (Å²) < 4.78 is 60.1. The molecule has 5 heterocycles. The summed E-state index contributed by atoms with van der Waals surface area (Å²) in [7, 11) is -5.24. The van der Waals surface area contributed by atoms with Crippen molar-refractivity contribution < 1.29 is 46.4 Å². The number of aromatic nitrogens is 2. The first-order chi connectivity index (χ1) is 28.8. The Morgan fingerprint density at radius 2 is 1.69 bits per heavy atom. The Kier molecular flexibility index (Phi) is 13.9. The highest BCUT2D eigenvalue weighted by molar-refractivity contribution is 8.13. The molecule has 1 unspecified atom stereocenters. The minimum absolute atomic E-state index is 0.0135. The van der Waals surface area contributed by atoms with Crippen LogP contribution in [0.5, 0.6) is 0 Å². The molecule has 4 fully saturated rings. The first-order valence-electron chi connectivity index (χ1n) is 20.9. The van der Waals surface area contributed by atoms with E-state index in [1.165, 1.54) is 12.1 Å². The minimum Gasteiger partial charge on any atom is -0.340 e. The van der Waals surface area contributed by atoms with Gasteiger partial charge >= 0.3 is 13.3 Å². The second-order valence-electron chi connectivity index (χ2n) is 17.9. The number of alkyl halides is 2. The van der Waals surface area contributed by atoms with E-state index in [-0.39, 0.29) is 56.4 Å². The lowest BCUT2D eigenvalue weighted by Crippen LogP contribution is -2.60. The normalized spacial score (nSPS) is 24.1. The number of imidazole rings is 1. The maximum Gasteiger partial charge on any atom is 0.404 e. The van der Waals surface area contributed by atoms with E-state index >= 15 is 8.78 Å². The van der Waals surface area contributed by atoms with Gasteiger partial charge < -0.3 is 28.7 Å². The van der Waals surface area contributed by atoms with Crippen molar-refractivity contribution in [1.29, 1.82) is 0 Å². The number of nitrogens with zero attached hydrogens (tertiary/aromatic N) is 4. The first-order valence-corrected chi connectivity index (χ1v) is 25.2. The van der Waals surface area contributed by atoms with E-state index in [4.69, 9.17) is 9.05 Å². The zero-order valence-corrected chi connectivity index (χ0v) is 38.4. The highest BCUT2D eigenvalue weighted by Gasteiger charge is 2.56. The van der Waals surface area contributed by atoms with E-state index in [0.29, 0.717) is 54.3 Å². The maximum absolute atomic E-state index is 16.4. The number of amides is 3. The second-order valence-corrected chi connectivity index (χ2v) is 23.3. The van der Waals surface area contributed by atoms with Gasteiger partial charge in [0, 0.05) is 65.1 Å². The maximum atomic E-state index is 16.4. The molecule has 4 aliphatic rings. The molecule has 3 saturated heterocycles. The van der Waals surface area contributed by atoms with Crippen LogP contribution in [0.3, 0.4) is 0 Å². The number of hydrogen-bond donors (Lipinski definition) is 1. The molecule has 0 bridgehead atoms. The molecule has 1 N–H and O–H groups in total. The number of thiophene rings is 1. The van der Waals surface area contributed by atoms with Gasteiger partial charge in [-0.1, -0.05) is 64.2 Å². The van der Waals surface area contributed by atoms with Crippen molar-refractivity contribution in [3.63, 3.8) is 0 Å². The average molecular weight is 922 g/mol. The Labute approximate surface area is 367 Å². The summed E-state index contributed by atoms with van der Waals surface area (Å²) in [6.07, 6.45) is 9.16. The third-order valence-corrected chi connectivity index (χ3v) is 17.0. The van der Waals surface area contributed by atoms with Gasteiger partial charge in [0.25, 0.3) is 5.91 Å². The number of benzene rings is 1. The van der Waals surface area contributed by atoms with Crippen molar-refractivity contribution in [3.05, 3.63) is 53.4 Å². The van der Waals surface area contributed by atoms with Crippen molar-refractivity contribution in [2.45, 2.75) is 103 Å². The van der Waals surface area contributed by atoms with Gasteiger partial charge in [-0.25, -0.2) is 4.98 Å². The standard InChI is InChI=1S/C42H54F2N5O8PS3/c1-25(2)16-36(50)59-14-12-56-58(55,57-13-15-60-40(54)41(3,4)5)42(43,44)29-6-9-34-28(18-29)21-35(61-34)37(51)46-32-20-27-17-26(27)19-30-7-8-33(49(30)38(32)52)39(53)48-22-31(23-48)47-11-10-45-24-47/h6,9-11,18,21,24-27,30-33H,7-8,12-17,19-20,22-23H2,1-5H3,(H,46,51)/t26-,27+,30+,32-,33-,58?/m0/s1. The summed E-state index contributed by atoms with van der Waals surface area (Å²) in [6.45, 7) is 9.15. The van der Waals surface area contributed by atoms with Crippen LogP contribution in [-0.4, -0.2) is 103 Å². The third kappa shape index (κ3) is 10.3. The van der Waals surface area contributed by atoms with E-state index < -0.39 is 55.4 Å². The van der Waals surface area contributed by atoms with Crippen LogP contribution in [0.1, 0.15) is 94.4 Å². The highest BCUT2D eigenvalue weighted by Crippen LogP contribution is 2.67. The molecule has 332 valence electrons. The molecule has 6 atom stereocenters. The Balaban J connectivity index is 1.04. The number of rotatable bonds is 16. The van der Waals surface area contributed by atoms with E-state index in [2.05, 4.69) is 10.3 Å². The van der Waals surface area contributed by atoms with Gasteiger partial charge in [-0.3, -0.25) is 28.5 Å². The lowest BCUT2D eigenvalue weighted by Gasteiger charge is -2.43. The van der Waals surface area contributed by atoms with E-state index in [9.17, 15) is 28.5 Å². The molecule has 19 heteroatoms. The predicted octanol–water partition coefficient (Wildman–Crippen LogP) is 7.96. The van der Waals surface area contributed by atoms with Gasteiger partial charge in [-0.05, 0) is 73.4 Å². The summed E-state index contributed by atoms with van der Waals surface area (Å²) in [4.78, 5) is 74.5. The van der Waals surface area contributed by atoms with Crippen molar-refractivity contribution in [1.82, 2.24) is 24.7 Å². The fourth-order valence-corrected chi connectivity index (χ4v) is 12.6. The van der Waals surface area contributed by atoms with Crippen molar-refractivity contribution in [3.8, 4) is 0 Å². The average Bonchev–Trinajstić information content (AvgIpc) is 3.56. The van der Waals surface area contributed by atoms with Crippen LogP contribution in [-0.2, 0) is 38.5 Å². The highest BCUT2D eigenvalue weighted by atomic mass is 32.2. The minimum atomic E-state index is -5.24. The Bertz CT molecular complexity index is 2180. The Morgan fingerprint density at radius 1 is 0.984 bits per heavy atom. The van der Waals surface area contributed by atoms with Crippen LogP contribution >= 0.6 is 42.5 Å². The molecular weight excluding hydrogens is 868 g/mol. The zero-order chi connectivity index (χ0) is 43.9. The van der Waals surface area contributed by atoms with Crippen LogP contribution < -0.4 is 5.32 Å². The fourth-order valence-electron chi connectivity index (χ4n) is 8.29. The summed E-state index contributed by atoms with van der Waals surface area (Å²) in [5.74, 6) is -0.0904. The number of carbonyl (C=O) groups is 5. The molecule has 0 spiro atoms. The molecular formula is C42H54F2N5O8PS3. The molecule has 3 aliphatic heterocycles. The molecule has 61 heavy (non-hydrogen) atoms. The molecule has 0 radical (unpaired) electrons. The third-order valence-electron chi connectivity index (χ3n) is 11.8. The van der Waals surface area contributed by atoms with E-state index in [0.717, 1.165) is 66.3 Å². The summed E-state index contributed by atoms with van der Waals surface area (Å²) in [5.41, 5.74) is -5.47. The SMILES string of the molecule is CC(C)CC(=O)SCCOP(=O)(OCCSC(=O)C(C)(C)C)C(F)(F)c1ccc2sc(C(=O)N[C@H]3C[C@H]4C[C@H]4C[C@H]4CC[C@@H](C(=O)N5CC(n6ccnc6)C5)N4C3=O)cc2c1. The monoisotopic (exact) mass is 921 g/mol. The number of fused-ring (bicyclic) bond motifs is 3. The number of carbonyl (C=O) groups excluding carboxylic acids is 5. The van der Waals surface area contributed by atoms with Crippen molar-refractivity contribution in [2.24, 2.45) is 23.2 Å². The van der Waals surface area contributed by atoms with Crippen molar-refractivity contribution >= 4 is 80.5 Å². The van der Waals surface area contributed by atoms with Gasteiger partial charge in [0.1, 0.15) is 12.1 Å². The van der Waals surface area contributed by atoms with Crippen LogP contribution in [0, 0.1) is 23.2 Å². The van der Waals surface area contributed by atoms with Crippen LogP contribution in [0.25, 0.3) is 10.1 Å². The number of thioether (sulfide) groups is 2. The Hall–Kier alpha value is -3.15. The van der Waals surface area contributed by atoms with Crippen molar-refractivity contribution in [2.75, 3.05) is 37.8 Å². The largest absolute Gasteiger partial charge is 0.404 e. The van der Waals surface area contributed by atoms with Gasteiger partial charge in [0.2, 0.25) is 11.8 Å². The molecule has 1 aromatic carbocycles. The zero-order valence-electron chi connectivity index (χ0n) is 35.1. The molecule has 1 saturated carbocycles. The summed E-state index contributed by atoms with van der Waals surface area (Å²) >= 11 is 2.87. The van der Waals surface area contributed by atoms with Crippen LogP contribution in [0.15, 0.2) is 43.0 Å². The fraction of sp³-hybridized carbons (Fsp3) is 0.619. The first kappa shape index (κ1) is 45.9. The lowest BCUT2D eigenvalue weighted by atomic mass is 9.98. The van der Waals surface area contributed by atoms with Gasteiger partial charge in [0.05, 0.1) is 30.5 Å². The predicted molar refractivity (Wildman–Crippen MR) is 233 cm³/mol. The molecule has 13 nitrogen and oxygen atoms in total. The Morgan fingerprint density at radius 3 is 2.36 bits per heavy atom. The molecule has 3 amide bonds. The number of nitrogens with one attached hydrogen (secondary N) is 1. The van der Waals surface area contributed by atoms with Gasteiger partial charge in [0.15, 0.2) is 10.2 Å². The number of halogens is 2. The molecule has 2 aromatic heterocycles. The quantitative estimate of drug-likeness (QED) is 0.110. The van der Waals surface area contributed by atoms with E-state index in [1.807, 2.05) is 24.6 Å². The van der Waals surface area contributed by atoms with Gasteiger partial charge in [-0.2, -0.15) is 8.78 Å². The van der Waals surface area contributed by atoms with Gasteiger partial charge in [-0.15, -0.1) is 11.3 Å². The van der Waals surface area contributed by atoms with Crippen LogP contribution in [0.4, 0.5) is 8.78 Å². The topological polar surface area (TPSA) is 157 Å². The number of likely N-dealkylation sites (tertiary alicyclic amines) is 1. The molecule has 7 rings (SSSR count). The molecule has 1 aliphatic carbocycles. The van der Waals surface area contributed by atoms with Crippen LogP contribution in [0.2, 0.25) is 0 Å². The van der Waals surface area contributed by atoms with E-state index in [1.54, 1.807) is 43.1 Å². The summed E-state index contributed by atoms with van der Waals surface area (Å²) in [6, 6.07) is 3.76.